The Morgan fingerprint density at radius 3 is 1.25 bits per heavy atom. The highest BCUT2D eigenvalue weighted by molar-refractivity contribution is 5.69. The van der Waals surface area contributed by atoms with Crippen molar-refractivity contribution in [2.45, 2.75) is 313 Å². The van der Waals surface area contributed by atoms with E-state index in [0.29, 0.717) is 13.0 Å². The maximum absolute atomic E-state index is 13.1. The van der Waals surface area contributed by atoms with Gasteiger partial charge < -0.3 is 64.2 Å². The number of rotatable bonds is 49. The van der Waals surface area contributed by atoms with Gasteiger partial charge in [-0.2, -0.15) is 0 Å². The van der Waals surface area contributed by atoms with E-state index in [1.807, 2.05) is 0 Å². The van der Waals surface area contributed by atoms with Crippen LogP contribution in [0.4, 0.5) is 0 Å². The molecule has 0 aromatic carbocycles. The minimum atomic E-state index is -1.71. The van der Waals surface area contributed by atoms with Crippen molar-refractivity contribution in [1.82, 2.24) is 0 Å². The van der Waals surface area contributed by atoms with Gasteiger partial charge in [0.2, 0.25) is 0 Å². The molecule has 0 saturated carbocycles. The summed E-state index contributed by atoms with van der Waals surface area (Å²) in [6.45, 7) is 3.72. The smallest absolute Gasteiger partial charge is 0.306 e. The van der Waals surface area contributed by atoms with Crippen LogP contribution < -0.4 is 0 Å². The van der Waals surface area contributed by atoms with Gasteiger partial charge in [-0.1, -0.05) is 199 Å². The van der Waals surface area contributed by atoms with Crippen molar-refractivity contribution in [3.63, 3.8) is 0 Å². The standard InChI is InChI=1S/C59H110O14/c1-3-5-7-9-11-13-15-17-19-21-22-23-24-25-27-29-31-33-35-37-39-41-43-68-45-48(71-51(61)42-40-38-36-34-32-30-28-26-20-18-16-14-12-10-8-6-4-2)46-69-58-57(67)55(65)53(63)50(73-58)47-70-59-56(66)54(64)52(62)49(44-60)72-59/h18,20-22,48-50,52-60,62-67H,3-17,19,23-47H2,1-2H3/b20-18-,22-21-. The van der Waals surface area contributed by atoms with Crippen molar-refractivity contribution in [3.8, 4) is 0 Å². The molecular weight excluding hydrogens is 933 g/mol. The molecule has 0 bridgehead atoms. The monoisotopic (exact) mass is 1040 g/mol. The van der Waals surface area contributed by atoms with Gasteiger partial charge in [-0.3, -0.25) is 4.79 Å². The van der Waals surface area contributed by atoms with Crippen molar-refractivity contribution in [2.75, 3.05) is 33.0 Å². The molecule has 0 radical (unpaired) electrons. The number of ether oxygens (including phenoxy) is 6. The van der Waals surface area contributed by atoms with Crippen LogP contribution in [0, 0.1) is 0 Å². The van der Waals surface area contributed by atoms with Crippen LogP contribution in [0.5, 0.6) is 0 Å². The van der Waals surface area contributed by atoms with Gasteiger partial charge in [0, 0.05) is 13.0 Å². The Morgan fingerprint density at radius 1 is 0.438 bits per heavy atom. The summed E-state index contributed by atoms with van der Waals surface area (Å²) in [5, 5.41) is 72.3. The highest BCUT2D eigenvalue weighted by Crippen LogP contribution is 2.27. The average molecular weight is 1040 g/mol. The molecule has 2 saturated heterocycles. The van der Waals surface area contributed by atoms with Gasteiger partial charge in [0.25, 0.3) is 0 Å². The Hall–Kier alpha value is -1.53. The van der Waals surface area contributed by atoms with Gasteiger partial charge in [-0.05, 0) is 64.2 Å². The van der Waals surface area contributed by atoms with E-state index >= 15 is 0 Å². The van der Waals surface area contributed by atoms with Crippen LogP contribution >= 0.6 is 0 Å². The van der Waals surface area contributed by atoms with E-state index in [9.17, 15) is 40.5 Å². The average Bonchev–Trinajstić information content (AvgIpc) is 3.39. The lowest BCUT2D eigenvalue weighted by atomic mass is 9.98. The van der Waals surface area contributed by atoms with Gasteiger partial charge in [0.15, 0.2) is 12.6 Å². The maximum atomic E-state index is 13.1. The Balaban J connectivity index is 1.70. The predicted molar refractivity (Wildman–Crippen MR) is 289 cm³/mol. The number of unbranched alkanes of at least 4 members (excludes halogenated alkanes) is 31. The lowest BCUT2D eigenvalue weighted by Gasteiger charge is -2.42. The lowest BCUT2D eigenvalue weighted by molar-refractivity contribution is -0.332. The van der Waals surface area contributed by atoms with Crippen LogP contribution in [0.2, 0.25) is 0 Å². The quantitative estimate of drug-likeness (QED) is 0.0172. The normalized spacial score (nSPS) is 25.1. The molecular formula is C59H110O14. The Bertz CT molecular complexity index is 1300. The van der Waals surface area contributed by atoms with E-state index in [1.165, 1.54) is 173 Å². The molecule has 11 unspecified atom stereocenters. The summed E-state index contributed by atoms with van der Waals surface area (Å²) >= 11 is 0. The zero-order valence-electron chi connectivity index (χ0n) is 46.1. The molecule has 2 heterocycles. The van der Waals surface area contributed by atoms with Gasteiger partial charge in [-0.15, -0.1) is 0 Å². The van der Waals surface area contributed by atoms with E-state index in [0.717, 1.165) is 44.9 Å². The first kappa shape index (κ1) is 67.6. The lowest BCUT2D eigenvalue weighted by Crippen LogP contribution is -2.61. The summed E-state index contributed by atoms with van der Waals surface area (Å²) < 4.78 is 34.4. The van der Waals surface area contributed by atoms with Crippen LogP contribution in [0.3, 0.4) is 0 Å². The Labute approximate surface area is 443 Å². The predicted octanol–water partition coefficient (Wildman–Crippen LogP) is 10.8. The highest BCUT2D eigenvalue weighted by Gasteiger charge is 2.47. The topological polar surface area (TPSA) is 214 Å². The first-order chi connectivity index (χ1) is 35.6. The molecule has 73 heavy (non-hydrogen) atoms. The number of aliphatic hydroxyl groups is 7. The third-order valence-corrected chi connectivity index (χ3v) is 14.4. The van der Waals surface area contributed by atoms with Crippen LogP contribution in [0.1, 0.15) is 245 Å². The zero-order chi connectivity index (χ0) is 53.0. The van der Waals surface area contributed by atoms with E-state index < -0.39 is 80.7 Å². The van der Waals surface area contributed by atoms with Crippen molar-refractivity contribution < 1.29 is 69.0 Å². The van der Waals surface area contributed by atoms with E-state index in [2.05, 4.69) is 38.2 Å². The second-order valence-electron chi connectivity index (χ2n) is 21.2. The maximum Gasteiger partial charge on any atom is 0.306 e. The molecule has 2 aliphatic rings. The Morgan fingerprint density at radius 2 is 0.808 bits per heavy atom. The summed E-state index contributed by atoms with van der Waals surface area (Å²) in [6.07, 6.45) is 36.7. The summed E-state index contributed by atoms with van der Waals surface area (Å²) in [5.41, 5.74) is 0. The fourth-order valence-electron chi connectivity index (χ4n) is 9.57. The van der Waals surface area contributed by atoms with Crippen molar-refractivity contribution >= 4 is 5.97 Å². The number of esters is 1. The van der Waals surface area contributed by atoms with E-state index in [-0.39, 0.29) is 25.6 Å². The molecule has 14 heteroatoms. The van der Waals surface area contributed by atoms with Crippen LogP contribution in [0.25, 0.3) is 0 Å². The van der Waals surface area contributed by atoms with Crippen molar-refractivity contribution in [1.29, 1.82) is 0 Å². The number of aliphatic hydroxyl groups excluding tert-OH is 7. The van der Waals surface area contributed by atoms with Crippen LogP contribution in [-0.2, 0) is 33.2 Å². The minimum absolute atomic E-state index is 0.0622. The molecule has 0 amide bonds. The third kappa shape index (κ3) is 33.4. The zero-order valence-corrected chi connectivity index (χ0v) is 46.1. The number of allylic oxidation sites excluding steroid dienone is 4. The number of carbonyl (C=O) groups is 1. The van der Waals surface area contributed by atoms with Crippen LogP contribution in [-0.4, -0.2) is 142 Å². The molecule has 0 aromatic rings. The summed E-state index contributed by atoms with van der Waals surface area (Å²) in [6, 6.07) is 0. The molecule has 2 rings (SSSR count). The van der Waals surface area contributed by atoms with Gasteiger partial charge in [-0.25, -0.2) is 0 Å². The summed E-state index contributed by atoms with van der Waals surface area (Å²) in [4.78, 5) is 13.1. The van der Waals surface area contributed by atoms with E-state index in [1.54, 1.807) is 0 Å². The molecule has 2 fully saturated rings. The molecule has 0 aromatic heterocycles. The molecule has 2 aliphatic heterocycles. The molecule has 7 N–H and O–H groups in total. The van der Waals surface area contributed by atoms with Crippen molar-refractivity contribution in [2.24, 2.45) is 0 Å². The van der Waals surface area contributed by atoms with Crippen LogP contribution in [0.15, 0.2) is 24.3 Å². The first-order valence-corrected chi connectivity index (χ1v) is 29.9. The second kappa shape index (κ2) is 46.6. The molecule has 14 nitrogen and oxygen atoms in total. The highest BCUT2D eigenvalue weighted by atomic mass is 16.7. The number of hydrogen-bond donors (Lipinski definition) is 7. The summed E-state index contributed by atoms with van der Waals surface area (Å²) in [5.74, 6) is -0.377. The summed E-state index contributed by atoms with van der Waals surface area (Å²) in [7, 11) is 0. The fourth-order valence-corrected chi connectivity index (χ4v) is 9.57. The van der Waals surface area contributed by atoms with Gasteiger partial charge >= 0.3 is 5.97 Å². The Kier molecular flexibility index (Phi) is 43.1. The molecule has 0 spiro atoms. The SMILES string of the molecule is CCCCCCCC/C=C\CCCCCCCCCC(=O)OC(COCCCCCCCCCCCC/C=C\CCCCCCCCCC)COC1OC(COC2OC(CO)C(O)C(O)C2O)C(O)C(O)C1O. The molecule has 0 aliphatic carbocycles. The molecule has 11 atom stereocenters. The third-order valence-electron chi connectivity index (χ3n) is 14.4. The minimum Gasteiger partial charge on any atom is -0.457 e. The van der Waals surface area contributed by atoms with Gasteiger partial charge in [0.05, 0.1) is 26.4 Å². The second-order valence-corrected chi connectivity index (χ2v) is 21.2. The fraction of sp³-hybridized carbons (Fsp3) is 0.915. The van der Waals surface area contributed by atoms with Gasteiger partial charge in [0.1, 0.15) is 54.9 Å². The molecule has 430 valence electrons. The van der Waals surface area contributed by atoms with E-state index in [4.69, 9.17) is 28.4 Å². The largest absolute Gasteiger partial charge is 0.457 e. The number of hydrogen-bond acceptors (Lipinski definition) is 14. The number of carbonyl (C=O) groups excluding carboxylic acids is 1. The first-order valence-electron chi connectivity index (χ1n) is 29.9. The van der Waals surface area contributed by atoms with Crippen molar-refractivity contribution in [3.05, 3.63) is 24.3 Å².